The SMILES string of the molecule is CCCCN(CCCC)CC(O)c1ccc(C)cc1C. The Balaban J connectivity index is 2.65. The third-order valence-electron chi connectivity index (χ3n) is 3.87. The van der Waals surface area contributed by atoms with Gasteiger partial charge in [-0.25, -0.2) is 0 Å². The molecule has 1 N–H and O–H groups in total. The summed E-state index contributed by atoms with van der Waals surface area (Å²) < 4.78 is 0. The van der Waals surface area contributed by atoms with E-state index in [1.165, 1.54) is 36.8 Å². The number of aryl methyl sites for hydroxylation is 2. The van der Waals surface area contributed by atoms with Gasteiger partial charge in [0.05, 0.1) is 6.10 Å². The summed E-state index contributed by atoms with van der Waals surface area (Å²) in [6.45, 7) is 11.6. The Hall–Kier alpha value is -0.860. The second-order valence-electron chi connectivity index (χ2n) is 5.88. The van der Waals surface area contributed by atoms with Crippen molar-refractivity contribution in [3.8, 4) is 0 Å². The molecule has 1 unspecified atom stereocenters. The van der Waals surface area contributed by atoms with Gasteiger partial charge >= 0.3 is 0 Å². The average molecular weight is 277 g/mol. The van der Waals surface area contributed by atoms with Gasteiger partial charge in [0.15, 0.2) is 0 Å². The fourth-order valence-electron chi connectivity index (χ4n) is 2.60. The fourth-order valence-corrected chi connectivity index (χ4v) is 2.60. The lowest BCUT2D eigenvalue weighted by Crippen LogP contribution is -2.31. The number of hydrogen-bond acceptors (Lipinski definition) is 2. The smallest absolute Gasteiger partial charge is 0.0919 e. The Kier molecular flexibility index (Phi) is 7.86. The predicted octanol–water partition coefficient (Wildman–Crippen LogP) is 4.24. The molecular formula is C18H31NO. The number of unbranched alkanes of at least 4 members (excludes halogenated alkanes) is 2. The monoisotopic (exact) mass is 277 g/mol. The summed E-state index contributed by atoms with van der Waals surface area (Å²) >= 11 is 0. The van der Waals surface area contributed by atoms with E-state index in [0.717, 1.165) is 25.2 Å². The zero-order valence-corrected chi connectivity index (χ0v) is 13.7. The average Bonchev–Trinajstić information content (AvgIpc) is 2.41. The second-order valence-corrected chi connectivity index (χ2v) is 5.88. The molecule has 1 aromatic rings. The van der Waals surface area contributed by atoms with Crippen LogP contribution in [0.5, 0.6) is 0 Å². The van der Waals surface area contributed by atoms with Crippen molar-refractivity contribution >= 4 is 0 Å². The zero-order chi connectivity index (χ0) is 15.0. The summed E-state index contributed by atoms with van der Waals surface area (Å²) in [5.74, 6) is 0. The minimum absolute atomic E-state index is 0.371. The van der Waals surface area contributed by atoms with Gasteiger partial charge in [0.2, 0.25) is 0 Å². The van der Waals surface area contributed by atoms with Crippen LogP contribution in [0.1, 0.15) is 62.3 Å². The molecule has 0 bridgehead atoms. The second kappa shape index (κ2) is 9.15. The summed E-state index contributed by atoms with van der Waals surface area (Å²) in [5.41, 5.74) is 3.53. The molecule has 0 aliphatic rings. The lowest BCUT2D eigenvalue weighted by molar-refractivity contribution is 0.110. The van der Waals surface area contributed by atoms with Crippen LogP contribution in [0.4, 0.5) is 0 Å². The van der Waals surface area contributed by atoms with Crippen LogP contribution in [0, 0.1) is 13.8 Å². The van der Waals surface area contributed by atoms with Crippen molar-refractivity contribution in [2.45, 2.75) is 59.5 Å². The van der Waals surface area contributed by atoms with Crippen molar-refractivity contribution in [3.63, 3.8) is 0 Å². The first-order chi connectivity index (χ1) is 9.58. The number of aliphatic hydroxyl groups excluding tert-OH is 1. The van der Waals surface area contributed by atoms with E-state index in [0.29, 0.717) is 0 Å². The molecule has 0 aliphatic heterocycles. The first kappa shape index (κ1) is 17.2. The maximum absolute atomic E-state index is 10.5. The molecular weight excluding hydrogens is 246 g/mol. The van der Waals surface area contributed by atoms with E-state index in [9.17, 15) is 5.11 Å². The van der Waals surface area contributed by atoms with E-state index in [2.05, 4.69) is 50.8 Å². The maximum Gasteiger partial charge on any atom is 0.0919 e. The van der Waals surface area contributed by atoms with Gasteiger partial charge in [0.25, 0.3) is 0 Å². The van der Waals surface area contributed by atoms with Crippen LogP contribution in [-0.2, 0) is 0 Å². The molecule has 0 aliphatic carbocycles. The number of hydrogen-bond donors (Lipinski definition) is 1. The van der Waals surface area contributed by atoms with Gasteiger partial charge in [-0.05, 0) is 50.9 Å². The van der Waals surface area contributed by atoms with Gasteiger partial charge in [0, 0.05) is 6.54 Å². The third-order valence-corrected chi connectivity index (χ3v) is 3.87. The van der Waals surface area contributed by atoms with Crippen LogP contribution in [0.2, 0.25) is 0 Å². The van der Waals surface area contributed by atoms with E-state index in [1.807, 2.05) is 0 Å². The molecule has 0 aromatic heterocycles. The minimum Gasteiger partial charge on any atom is -0.387 e. The molecule has 1 aromatic carbocycles. The molecule has 114 valence electrons. The van der Waals surface area contributed by atoms with Crippen molar-refractivity contribution in [1.29, 1.82) is 0 Å². The van der Waals surface area contributed by atoms with Crippen molar-refractivity contribution in [1.82, 2.24) is 4.90 Å². The van der Waals surface area contributed by atoms with E-state index >= 15 is 0 Å². The van der Waals surface area contributed by atoms with Crippen LogP contribution in [-0.4, -0.2) is 29.6 Å². The lowest BCUT2D eigenvalue weighted by Gasteiger charge is -2.26. The number of aliphatic hydroxyl groups is 1. The van der Waals surface area contributed by atoms with Crippen LogP contribution < -0.4 is 0 Å². The van der Waals surface area contributed by atoms with Crippen LogP contribution >= 0.6 is 0 Å². The molecule has 2 nitrogen and oxygen atoms in total. The Labute approximate surface area is 124 Å². The molecule has 0 spiro atoms. The highest BCUT2D eigenvalue weighted by atomic mass is 16.3. The van der Waals surface area contributed by atoms with Gasteiger partial charge in [-0.2, -0.15) is 0 Å². The largest absolute Gasteiger partial charge is 0.387 e. The van der Waals surface area contributed by atoms with Gasteiger partial charge in [-0.15, -0.1) is 0 Å². The van der Waals surface area contributed by atoms with Crippen molar-refractivity contribution in [3.05, 3.63) is 34.9 Å². The zero-order valence-electron chi connectivity index (χ0n) is 13.7. The molecule has 0 radical (unpaired) electrons. The van der Waals surface area contributed by atoms with Gasteiger partial charge in [-0.1, -0.05) is 50.5 Å². The Morgan fingerprint density at radius 3 is 2.15 bits per heavy atom. The minimum atomic E-state index is -0.371. The van der Waals surface area contributed by atoms with E-state index in [-0.39, 0.29) is 6.10 Å². The predicted molar refractivity (Wildman–Crippen MR) is 87.1 cm³/mol. The molecule has 20 heavy (non-hydrogen) atoms. The summed E-state index contributed by atoms with van der Waals surface area (Å²) in [6, 6.07) is 6.32. The summed E-state index contributed by atoms with van der Waals surface area (Å²) in [5, 5.41) is 10.5. The number of benzene rings is 1. The van der Waals surface area contributed by atoms with E-state index in [4.69, 9.17) is 0 Å². The van der Waals surface area contributed by atoms with Gasteiger partial charge in [0.1, 0.15) is 0 Å². The van der Waals surface area contributed by atoms with Crippen molar-refractivity contribution in [2.75, 3.05) is 19.6 Å². The van der Waals surface area contributed by atoms with E-state index in [1.54, 1.807) is 0 Å². The summed E-state index contributed by atoms with van der Waals surface area (Å²) in [7, 11) is 0. The number of rotatable bonds is 9. The molecule has 0 saturated heterocycles. The lowest BCUT2D eigenvalue weighted by atomic mass is 10.0. The Morgan fingerprint density at radius 2 is 1.65 bits per heavy atom. The molecule has 0 heterocycles. The molecule has 1 atom stereocenters. The van der Waals surface area contributed by atoms with Crippen LogP contribution in [0.25, 0.3) is 0 Å². The van der Waals surface area contributed by atoms with E-state index < -0.39 is 0 Å². The fraction of sp³-hybridized carbons (Fsp3) is 0.667. The van der Waals surface area contributed by atoms with Gasteiger partial charge < -0.3 is 10.0 Å². The summed E-state index contributed by atoms with van der Waals surface area (Å²) in [4.78, 5) is 2.41. The van der Waals surface area contributed by atoms with Crippen molar-refractivity contribution < 1.29 is 5.11 Å². The van der Waals surface area contributed by atoms with Crippen LogP contribution in [0.3, 0.4) is 0 Å². The maximum atomic E-state index is 10.5. The Bertz CT molecular complexity index is 381. The highest BCUT2D eigenvalue weighted by molar-refractivity contribution is 5.32. The normalized spacial score (nSPS) is 12.9. The molecule has 1 rings (SSSR count). The third kappa shape index (κ3) is 5.64. The Morgan fingerprint density at radius 1 is 1.05 bits per heavy atom. The first-order valence-corrected chi connectivity index (χ1v) is 8.06. The van der Waals surface area contributed by atoms with Crippen LogP contribution in [0.15, 0.2) is 18.2 Å². The summed E-state index contributed by atoms with van der Waals surface area (Å²) in [6.07, 6.45) is 4.47. The molecule has 0 amide bonds. The quantitative estimate of drug-likeness (QED) is 0.730. The van der Waals surface area contributed by atoms with Crippen molar-refractivity contribution in [2.24, 2.45) is 0 Å². The van der Waals surface area contributed by atoms with Gasteiger partial charge in [-0.3, -0.25) is 0 Å². The number of nitrogens with zero attached hydrogens (tertiary/aromatic N) is 1. The first-order valence-electron chi connectivity index (χ1n) is 8.06. The molecule has 2 heteroatoms. The standard InChI is InChI=1S/C18H31NO/c1-5-7-11-19(12-8-6-2)14-18(20)17-10-9-15(3)13-16(17)4/h9-10,13,18,20H,5-8,11-12,14H2,1-4H3. The molecule has 0 saturated carbocycles. The topological polar surface area (TPSA) is 23.5 Å². The highest BCUT2D eigenvalue weighted by Crippen LogP contribution is 2.20. The molecule has 0 fully saturated rings. The highest BCUT2D eigenvalue weighted by Gasteiger charge is 2.14.